The number of fused-ring (bicyclic) bond motifs is 1. The molecule has 1 saturated carbocycles. The van der Waals surface area contributed by atoms with Crippen LogP contribution in [0.15, 0.2) is 30.3 Å². The Morgan fingerprint density at radius 3 is 2.40 bits per heavy atom. The van der Waals surface area contributed by atoms with E-state index in [4.69, 9.17) is 0 Å². The summed E-state index contributed by atoms with van der Waals surface area (Å²) in [6, 6.07) is 7.03. The number of hydrogen-bond acceptors (Lipinski definition) is 5. The van der Waals surface area contributed by atoms with E-state index in [9.17, 15) is 24.0 Å². The lowest BCUT2D eigenvalue weighted by Crippen LogP contribution is -2.56. The summed E-state index contributed by atoms with van der Waals surface area (Å²) in [4.78, 5) is 68.6. The van der Waals surface area contributed by atoms with Crippen molar-refractivity contribution in [3.63, 3.8) is 0 Å². The Kier molecular flexibility index (Phi) is 9.95. The van der Waals surface area contributed by atoms with Crippen LogP contribution in [0.5, 0.6) is 0 Å². The molecule has 10 heteroatoms. The van der Waals surface area contributed by atoms with Gasteiger partial charge in [0, 0.05) is 29.4 Å². The van der Waals surface area contributed by atoms with Crippen molar-refractivity contribution in [3.05, 3.63) is 36.0 Å². The van der Waals surface area contributed by atoms with Gasteiger partial charge in [0.15, 0.2) is 0 Å². The Labute approximate surface area is 234 Å². The van der Waals surface area contributed by atoms with Gasteiger partial charge in [-0.3, -0.25) is 24.0 Å². The predicted octanol–water partition coefficient (Wildman–Crippen LogP) is 2.73. The van der Waals surface area contributed by atoms with Gasteiger partial charge in [-0.2, -0.15) is 0 Å². The molecule has 4 rings (SSSR count). The van der Waals surface area contributed by atoms with E-state index >= 15 is 0 Å². The van der Waals surface area contributed by atoms with Crippen molar-refractivity contribution in [1.82, 2.24) is 26.3 Å². The lowest BCUT2D eigenvalue weighted by atomic mass is 9.89. The van der Waals surface area contributed by atoms with Gasteiger partial charge in [-0.15, -0.1) is 0 Å². The first kappa shape index (κ1) is 29.3. The number of rotatable bonds is 11. The Hall–Kier alpha value is -3.69. The fourth-order valence-corrected chi connectivity index (χ4v) is 5.65. The number of benzene rings is 1. The van der Waals surface area contributed by atoms with Crippen LogP contribution in [0, 0.1) is 11.8 Å². The van der Waals surface area contributed by atoms with Crippen molar-refractivity contribution in [2.24, 2.45) is 11.8 Å². The summed E-state index contributed by atoms with van der Waals surface area (Å²) in [5.41, 5.74) is 1.12. The number of ketones is 1. The number of carbonyl (C=O) groups excluding carboxylic acids is 5. The first-order chi connectivity index (χ1) is 19.2. The average Bonchev–Trinajstić information content (AvgIpc) is 3.38. The third-order valence-electron chi connectivity index (χ3n) is 7.82. The molecule has 0 bridgehead atoms. The molecule has 0 radical (unpaired) electrons. The zero-order valence-electron chi connectivity index (χ0n) is 23.4. The maximum atomic E-state index is 13.5. The molecule has 0 spiro atoms. The summed E-state index contributed by atoms with van der Waals surface area (Å²) in [5, 5.41) is 12.1. The maximum Gasteiger partial charge on any atom is 0.289 e. The number of nitrogens with one attached hydrogen (secondary N) is 5. The van der Waals surface area contributed by atoms with E-state index in [1.54, 1.807) is 6.07 Å². The van der Waals surface area contributed by atoms with Gasteiger partial charge in [-0.05, 0) is 56.6 Å². The number of aromatic nitrogens is 1. The van der Waals surface area contributed by atoms with Crippen molar-refractivity contribution >= 4 is 40.3 Å². The Balaban J connectivity index is 1.49. The van der Waals surface area contributed by atoms with Gasteiger partial charge in [0.25, 0.3) is 11.8 Å². The van der Waals surface area contributed by atoms with Crippen LogP contribution in [0.25, 0.3) is 10.9 Å². The molecule has 10 nitrogen and oxygen atoms in total. The SMILES string of the molecule is CC(C)C[C@H](NC(=O)c1cc2ccccc2[nH]1)C(=O)N[C@@H](C[C@@H]1CCCNC1=O)C(=O)C(=O)NC1CCCCC1. The molecular formula is C30H41N5O5. The topological polar surface area (TPSA) is 149 Å². The third-order valence-corrected chi connectivity index (χ3v) is 7.82. The highest BCUT2D eigenvalue weighted by Gasteiger charge is 2.35. The molecule has 1 aromatic heterocycles. The van der Waals surface area contributed by atoms with Crippen LogP contribution in [0.1, 0.15) is 82.1 Å². The number of H-pyrrole nitrogens is 1. The minimum Gasteiger partial charge on any atom is -0.356 e. The number of para-hydroxylation sites is 1. The average molecular weight is 552 g/mol. The quantitative estimate of drug-likeness (QED) is 0.272. The number of amides is 4. The van der Waals surface area contributed by atoms with Crippen LogP contribution in [0.4, 0.5) is 0 Å². The zero-order valence-corrected chi connectivity index (χ0v) is 23.4. The summed E-state index contributed by atoms with van der Waals surface area (Å²) >= 11 is 0. The summed E-state index contributed by atoms with van der Waals surface area (Å²) in [6.07, 6.45) is 6.42. The molecule has 3 atom stereocenters. The maximum absolute atomic E-state index is 13.5. The Bertz CT molecular complexity index is 1200. The van der Waals surface area contributed by atoms with Crippen LogP contribution in [0.2, 0.25) is 0 Å². The molecule has 1 aliphatic heterocycles. The Morgan fingerprint density at radius 1 is 0.950 bits per heavy atom. The van der Waals surface area contributed by atoms with Crippen LogP contribution in [0.3, 0.4) is 0 Å². The van der Waals surface area contributed by atoms with Crippen LogP contribution in [-0.4, -0.2) is 59.1 Å². The predicted molar refractivity (Wildman–Crippen MR) is 151 cm³/mol. The molecule has 4 amide bonds. The lowest BCUT2D eigenvalue weighted by molar-refractivity contribution is -0.141. The van der Waals surface area contributed by atoms with Crippen molar-refractivity contribution in [1.29, 1.82) is 0 Å². The number of piperidine rings is 1. The molecule has 1 aliphatic carbocycles. The molecule has 1 saturated heterocycles. The molecule has 2 aromatic rings. The van der Waals surface area contributed by atoms with Gasteiger partial charge in [0.2, 0.25) is 17.6 Å². The summed E-state index contributed by atoms with van der Waals surface area (Å²) in [6.45, 7) is 4.43. The van der Waals surface area contributed by atoms with E-state index in [1.807, 2.05) is 38.1 Å². The van der Waals surface area contributed by atoms with Crippen molar-refractivity contribution < 1.29 is 24.0 Å². The first-order valence-electron chi connectivity index (χ1n) is 14.5. The zero-order chi connectivity index (χ0) is 28.6. The molecule has 2 aliphatic rings. The second-order valence-corrected chi connectivity index (χ2v) is 11.5. The third kappa shape index (κ3) is 7.70. The van der Waals surface area contributed by atoms with E-state index in [-0.39, 0.29) is 24.3 Å². The number of Topliss-reactive ketones (excluding diaryl/α,β-unsaturated/α-hetero) is 1. The van der Waals surface area contributed by atoms with Crippen LogP contribution in [-0.2, 0) is 19.2 Å². The van der Waals surface area contributed by atoms with Gasteiger partial charge in [0.1, 0.15) is 11.7 Å². The molecule has 1 aromatic carbocycles. The molecule has 2 fully saturated rings. The Morgan fingerprint density at radius 2 is 1.70 bits per heavy atom. The summed E-state index contributed by atoms with van der Waals surface area (Å²) < 4.78 is 0. The molecular weight excluding hydrogens is 510 g/mol. The smallest absolute Gasteiger partial charge is 0.289 e. The van der Waals surface area contributed by atoms with Gasteiger partial charge < -0.3 is 26.3 Å². The molecule has 2 heterocycles. The number of hydrogen-bond donors (Lipinski definition) is 5. The summed E-state index contributed by atoms with van der Waals surface area (Å²) in [7, 11) is 0. The highest BCUT2D eigenvalue weighted by molar-refractivity contribution is 6.38. The van der Waals surface area contributed by atoms with Gasteiger partial charge in [-0.1, -0.05) is 51.3 Å². The van der Waals surface area contributed by atoms with Crippen LogP contribution >= 0.6 is 0 Å². The van der Waals surface area contributed by atoms with Gasteiger partial charge in [-0.25, -0.2) is 0 Å². The normalized spacial score (nSPS) is 19.5. The largest absolute Gasteiger partial charge is 0.356 e. The van der Waals surface area contributed by atoms with Crippen molar-refractivity contribution in [2.75, 3.05) is 6.54 Å². The van der Waals surface area contributed by atoms with Crippen LogP contribution < -0.4 is 21.3 Å². The highest BCUT2D eigenvalue weighted by Crippen LogP contribution is 2.20. The van der Waals surface area contributed by atoms with Gasteiger partial charge in [0.05, 0.1) is 6.04 Å². The number of carbonyl (C=O) groups is 5. The molecule has 0 unspecified atom stereocenters. The first-order valence-corrected chi connectivity index (χ1v) is 14.5. The van der Waals surface area contributed by atoms with Gasteiger partial charge >= 0.3 is 0 Å². The second kappa shape index (κ2) is 13.6. The summed E-state index contributed by atoms with van der Waals surface area (Å²) in [5.74, 6) is -3.11. The molecule has 40 heavy (non-hydrogen) atoms. The monoisotopic (exact) mass is 551 g/mol. The minimum atomic E-state index is -1.18. The number of aromatic amines is 1. The molecule has 5 N–H and O–H groups in total. The molecule has 216 valence electrons. The fourth-order valence-electron chi connectivity index (χ4n) is 5.65. The highest BCUT2D eigenvalue weighted by atomic mass is 16.2. The van der Waals surface area contributed by atoms with E-state index in [1.165, 1.54) is 0 Å². The standard InChI is InChI=1S/C30H41N5O5/c1-18(2)15-24(35-29(39)25-16-19-9-6-7-13-22(19)33-25)28(38)34-23(17-20-10-8-14-31-27(20)37)26(36)30(40)32-21-11-4-3-5-12-21/h6-7,9,13,16,18,20-21,23-24,33H,3-5,8,10-12,14-15,17H2,1-2H3,(H,31,37)(H,32,40)(H,34,38)(H,35,39)/t20-,23-,24-/m0/s1. The minimum absolute atomic E-state index is 0.0266. The van der Waals surface area contributed by atoms with Crippen molar-refractivity contribution in [2.45, 2.75) is 89.8 Å². The fraction of sp³-hybridized carbons (Fsp3) is 0.567. The lowest BCUT2D eigenvalue weighted by Gasteiger charge is -2.28. The second-order valence-electron chi connectivity index (χ2n) is 11.5. The van der Waals surface area contributed by atoms with E-state index < -0.39 is 41.5 Å². The van der Waals surface area contributed by atoms with Crippen molar-refractivity contribution in [3.8, 4) is 0 Å². The van der Waals surface area contributed by atoms with E-state index in [2.05, 4.69) is 26.3 Å². The van der Waals surface area contributed by atoms with E-state index in [0.717, 1.165) is 49.4 Å². The van der Waals surface area contributed by atoms with E-state index in [0.29, 0.717) is 25.1 Å².